The number of allylic oxidation sites excluding steroid dienone is 4. The van der Waals surface area contributed by atoms with Gasteiger partial charge in [-0.3, -0.25) is 0 Å². The van der Waals surface area contributed by atoms with E-state index in [9.17, 15) is 0 Å². The number of hydrogen-bond donors (Lipinski definition) is 0. The molecule has 4 aromatic rings. The molecule has 0 bridgehead atoms. The molecule has 0 fully saturated rings. The number of rotatable bonds is 3. The first-order chi connectivity index (χ1) is 15.3. The van der Waals surface area contributed by atoms with Crippen LogP contribution < -0.4 is 5.19 Å². The van der Waals surface area contributed by atoms with E-state index in [0.29, 0.717) is 11.8 Å². The van der Waals surface area contributed by atoms with Crippen molar-refractivity contribution in [2.75, 3.05) is 0 Å². The predicted molar refractivity (Wildman–Crippen MR) is 135 cm³/mol. The van der Waals surface area contributed by atoms with Crippen molar-refractivity contribution in [3.63, 3.8) is 0 Å². The summed E-state index contributed by atoms with van der Waals surface area (Å²) in [6.45, 7) is 4.82. The van der Waals surface area contributed by atoms with E-state index in [-0.39, 0.29) is 26.2 Å². The smallest absolute Gasteiger partial charge is 0.214 e. The SMILES string of the molecule is C[Si](C)c1cc[c-](C2c3ccccc3-c3ccccc32)c1C1C=CC=C1.[Zr+2].c1cc[cH-]c1. The second-order valence-electron chi connectivity index (χ2n) is 8.48. The van der Waals surface area contributed by atoms with Crippen molar-refractivity contribution in [1.82, 2.24) is 0 Å². The molecule has 1 radical (unpaired) electrons. The van der Waals surface area contributed by atoms with Gasteiger partial charge in [0, 0.05) is 0 Å². The van der Waals surface area contributed by atoms with Crippen molar-refractivity contribution in [3.05, 3.63) is 138 Å². The third-order valence-corrected chi connectivity index (χ3v) is 7.86. The maximum Gasteiger partial charge on any atom is 2.00 e. The fraction of sp³-hybridized carbons (Fsp3) is 0.133. The molecule has 6 rings (SSSR count). The Kier molecular flexibility index (Phi) is 7.23. The van der Waals surface area contributed by atoms with Crippen LogP contribution in [0.25, 0.3) is 11.1 Å². The summed E-state index contributed by atoms with van der Waals surface area (Å²) in [7, 11) is -0.508. The Labute approximate surface area is 212 Å². The van der Waals surface area contributed by atoms with Crippen molar-refractivity contribution < 1.29 is 26.2 Å². The average Bonchev–Trinajstić information content (AvgIpc) is 3.60. The van der Waals surface area contributed by atoms with Crippen LogP contribution in [0.1, 0.15) is 34.1 Å². The van der Waals surface area contributed by atoms with Gasteiger partial charge in [-0.25, -0.2) is 23.4 Å². The largest absolute Gasteiger partial charge is 2.00 e. The van der Waals surface area contributed by atoms with E-state index in [0.717, 1.165) is 0 Å². The molecule has 0 amide bonds. The van der Waals surface area contributed by atoms with Crippen LogP contribution in [0, 0.1) is 0 Å². The molecule has 0 spiro atoms. The van der Waals surface area contributed by atoms with Gasteiger partial charge in [0.15, 0.2) is 0 Å². The Morgan fingerprint density at radius 1 is 0.750 bits per heavy atom. The Bertz CT molecular complexity index is 1150. The van der Waals surface area contributed by atoms with Gasteiger partial charge in [-0.15, -0.1) is 5.56 Å². The third-order valence-electron chi connectivity index (χ3n) is 6.35. The monoisotopic (exact) mass is 505 g/mol. The van der Waals surface area contributed by atoms with Gasteiger partial charge in [-0.2, -0.15) is 29.8 Å². The van der Waals surface area contributed by atoms with Crippen molar-refractivity contribution in [2.24, 2.45) is 0 Å². The summed E-state index contributed by atoms with van der Waals surface area (Å²) in [4.78, 5) is 0. The van der Waals surface area contributed by atoms with Crippen LogP contribution in [0.4, 0.5) is 0 Å². The quantitative estimate of drug-likeness (QED) is 0.180. The molecule has 4 aromatic carbocycles. The van der Waals surface area contributed by atoms with Crippen LogP contribution in [0.3, 0.4) is 0 Å². The first-order valence-corrected chi connectivity index (χ1v) is 13.6. The molecule has 0 atom stereocenters. The van der Waals surface area contributed by atoms with E-state index in [1.165, 1.54) is 27.8 Å². The molecule has 0 saturated heterocycles. The molecule has 2 aliphatic rings. The van der Waals surface area contributed by atoms with E-state index in [4.69, 9.17) is 0 Å². The molecule has 2 aliphatic carbocycles. The van der Waals surface area contributed by atoms with E-state index >= 15 is 0 Å². The van der Waals surface area contributed by atoms with Gasteiger partial charge in [-0.1, -0.05) is 85.9 Å². The average molecular weight is 507 g/mol. The maximum absolute atomic E-state index is 2.41. The summed E-state index contributed by atoms with van der Waals surface area (Å²) in [5.41, 5.74) is 8.78. The molecular weight excluding hydrogens is 480 g/mol. The molecule has 0 nitrogen and oxygen atoms in total. The van der Waals surface area contributed by atoms with E-state index in [1.54, 1.807) is 10.8 Å². The van der Waals surface area contributed by atoms with Gasteiger partial charge in [-0.05, 0) is 42.9 Å². The van der Waals surface area contributed by atoms with E-state index < -0.39 is 8.80 Å². The first kappa shape index (κ1) is 22.9. The first-order valence-electron chi connectivity index (χ1n) is 11.1. The number of hydrogen-bond acceptors (Lipinski definition) is 0. The van der Waals surface area contributed by atoms with E-state index in [1.807, 2.05) is 30.3 Å². The van der Waals surface area contributed by atoms with E-state index in [2.05, 4.69) is 98.1 Å². The van der Waals surface area contributed by atoms with Crippen LogP contribution in [-0.4, -0.2) is 8.80 Å². The fourth-order valence-electron chi connectivity index (χ4n) is 5.00. The second-order valence-corrected chi connectivity index (χ2v) is 11.0. The Morgan fingerprint density at radius 3 is 1.81 bits per heavy atom. The third kappa shape index (κ3) is 4.19. The van der Waals surface area contributed by atoms with Gasteiger partial charge in [0.2, 0.25) is 0 Å². The van der Waals surface area contributed by atoms with Gasteiger partial charge in [0.25, 0.3) is 0 Å². The van der Waals surface area contributed by atoms with Crippen molar-refractivity contribution >= 4 is 14.0 Å². The Hall–Kier alpha value is -2.28. The van der Waals surface area contributed by atoms with Crippen LogP contribution in [-0.2, 0) is 26.2 Å². The van der Waals surface area contributed by atoms with Gasteiger partial charge in [0.1, 0.15) is 0 Å². The zero-order valence-corrected chi connectivity index (χ0v) is 22.1. The maximum atomic E-state index is 2.41. The normalized spacial score (nSPS) is 14.1. The molecule has 0 unspecified atom stereocenters. The van der Waals surface area contributed by atoms with Gasteiger partial charge in [0.05, 0.1) is 0 Å². The fourth-order valence-corrected chi connectivity index (χ4v) is 6.27. The molecular formula is C30H27SiZr. The van der Waals surface area contributed by atoms with Crippen molar-refractivity contribution in [3.8, 4) is 11.1 Å². The molecule has 0 aliphatic heterocycles. The topological polar surface area (TPSA) is 0 Å². The zero-order valence-electron chi connectivity index (χ0n) is 18.6. The van der Waals surface area contributed by atoms with Crippen LogP contribution in [0.15, 0.2) is 115 Å². The summed E-state index contributed by atoms with van der Waals surface area (Å²) in [6.07, 6.45) is 9.08. The molecule has 0 aromatic heterocycles. The minimum Gasteiger partial charge on any atom is -0.214 e. The second kappa shape index (κ2) is 10.1. The molecule has 155 valence electrons. The summed E-state index contributed by atoms with van der Waals surface area (Å²) in [5, 5.41) is 1.59. The number of fused-ring (bicyclic) bond motifs is 3. The van der Waals surface area contributed by atoms with Crippen LogP contribution in [0.5, 0.6) is 0 Å². The zero-order chi connectivity index (χ0) is 21.2. The molecule has 32 heavy (non-hydrogen) atoms. The molecule has 0 N–H and O–H groups in total. The number of benzene rings is 2. The van der Waals surface area contributed by atoms with Crippen LogP contribution in [0.2, 0.25) is 13.1 Å². The van der Waals surface area contributed by atoms with Crippen molar-refractivity contribution in [2.45, 2.75) is 24.9 Å². The molecule has 0 heterocycles. The molecule has 2 heteroatoms. The summed E-state index contributed by atoms with van der Waals surface area (Å²) in [5.74, 6) is 0.782. The Balaban J connectivity index is 0.000000363. The minimum atomic E-state index is -0.508. The summed E-state index contributed by atoms with van der Waals surface area (Å²) >= 11 is 0. The predicted octanol–water partition coefficient (Wildman–Crippen LogP) is 7.14. The van der Waals surface area contributed by atoms with Gasteiger partial charge < -0.3 is 0 Å². The minimum absolute atomic E-state index is 0. The van der Waals surface area contributed by atoms with Crippen molar-refractivity contribution in [1.29, 1.82) is 0 Å². The Morgan fingerprint density at radius 2 is 1.31 bits per heavy atom. The van der Waals surface area contributed by atoms with Crippen LogP contribution >= 0.6 is 0 Å². The summed E-state index contributed by atoms with van der Waals surface area (Å²) in [6, 6.07) is 32.7. The standard InChI is InChI=1S/C25H22Si.C5H5.Zr/c1-26(2)23-16-15-22(24(23)17-9-3-4-10-17)25-20-13-7-5-11-18(20)19-12-6-8-14-21(19)25;1-2-4-5-3-1;/h3-17,25H,1-2H3;1-5H;/q2*-1;+2. The summed E-state index contributed by atoms with van der Waals surface area (Å²) < 4.78 is 0. The van der Waals surface area contributed by atoms with Gasteiger partial charge >= 0.3 is 26.2 Å². The molecule has 0 saturated carbocycles.